The lowest BCUT2D eigenvalue weighted by atomic mass is 10.1. The Morgan fingerprint density at radius 3 is 2.57 bits per heavy atom. The van der Waals surface area contributed by atoms with E-state index in [1.165, 1.54) is 12.1 Å². The van der Waals surface area contributed by atoms with Crippen molar-refractivity contribution in [2.45, 2.75) is 43.5 Å². The number of nitrogens with one attached hydrogen (secondary N) is 2. The van der Waals surface area contributed by atoms with E-state index in [4.69, 9.17) is 21.1 Å². The Kier molecular flexibility index (Phi) is 5.90. The van der Waals surface area contributed by atoms with Gasteiger partial charge in [-0.25, -0.2) is 13.1 Å². The number of aryl methyl sites for hydroxylation is 1. The fourth-order valence-corrected chi connectivity index (χ4v) is 5.18. The summed E-state index contributed by atoms with van der Waals surface area (Å²) in [6.45, 7) is 2.42. The first-order valence-corrected chi connectivity index (χ1v) is 11.7. The van der Waals surface area contributed by atoms with Crippen molar-refractivity contribution in [3.05, 3.63) is 46.5 Å². The van der Waals surface area contributed by atoms with Gasteiger partial charge in [-0.1, -0.05) is 30.5 Å². The Labute approximate surface area is 180 Å². The van der Waals surface area contributed by atoms with Crippen LogP contribution in [-0.2, 0) is 10.0 Å². The standard InChI is InChI=1S/C21H23ClN2O5S/c1-13-6-7-15(10-18(13)22)23-21(25)17-11-16(12-19-20(17)29-9-8-28-19)30(26,27)24-14-4-2-3-5-14/h6-7,10-12,14,24H,2-5,8-9H2,1H3,(H,23,25). The molecule has 0 spiro atoms. The highest BCUT2D eigenvalue weighted by molar-refractivity contribution is 7.89. The molecule has 1 saturated carbocycles. The minimum absolute atomic E-state index is 0.0225. The summed E-state index contributed by atoms with van der Waals surface area (Å²) >= 11 is 6.14. The van der Waals surface area contributed by atoms with Gasteiger partial charge in [-0.2, -0.15) is 0 Å². The monoisotopic (exact) mass is 450 g/mol. The molecular formula is C21H23ClN2O5S. The lowest BCUT2D eigenvalue weighted by Crippen LogP contribution is -2.33. The van der Waals surface area contributed by atoms with Gasteiger partial charge in [0.25, 0.3) is 5.91 Å². The first kappa shape index (κ1) is 21.0. The van der Waals surface area contributed by atoms with Gasteiger partial charge in [0.05, 0.1) is 10.5 Å². The number of rotatable bonds is 5. The molecule has 0 saturated heterocycles. The van der Waals surface area contributed by atoms with Gasteiger partial charge in [-0.15, -0.1) is 0 Å². The first-order valence-electron chi connectivity index (χ1n) is 9.87. The molecule has 0 unspecified atom stereocenters. The number of amides is 1. The molecule has 1 heterocycles. The van der Waals surface area contributed by atoms with Gasteiger partial charge in [0.2, 0.25) is 10.0 Å². The first-order chi connectivity index (χ1) is 14.3. The van der Waals surface area contributed by atoms with E-state index in [-0.39, 0.29) is 41.2 Å². The Morgan fingerprint density at radius 2 is 1.83 bits per heavy atom. The molecule has 7 nitrogen and oxygen atoms in total. The largest absolute Gasteiger partial charge is 0.486 e. The number of hydrogen-bond donors (Lipinski definition) is 2. The number of hydrogen-bond acceptors (Lipinski definition) is 5. The van der Waals surface area contributed by atoms with Crippen molar-refractivity contribution in [1.82, 2.24) is 4.72 Å². The third-order valence-corrected chi connectivity index (χ3v) is 7.18. The van der Waals surface area contributed by atoms with E-state index >= 15 is 0 Å². The van der Waals surface area contributed by atoms with E-state index in [2.05, 4.69) is 10.0 Å². The molecule has 1 amide bonds. The maximum Gasteiger partial charge on any atom is 0.259 e. The van der Waals surface area contributed by atoms with Gasteiger partial charge < -0.3 is 14.8 Å². The Hall–Kier alpha value is -2.29. The maximum absolute atomic E-state index is 13.0. The van der Waals surface area contributed by atoms with Crippen LogP contribution in [0, 0.1) is 6.92 Å². The van der Waals surface area contributed by atoms with Crippen LogP contribution in [0.25, 0.3) is 0 Å². The summed E-state index contributed by atoms with van der Waals surface area (Å²) < 4.78 is 39.8. The second-order valence-corrected chi connectivity index (χ2v) is 9.64. The summed E-state index contributed by atoms with van der Waals surface area (Å²) in [5, 5.41) is 3.27. The highest BCUT2D eigenvalue weighted by Gasteiger charge is 2.29. The lowest BCUT2D eigenvalue weighted by Gasteiger charge is -2.22. The van der Waals surface area contributed by atoms with Crippen molar-refractivity contribution in [2.24, 2.45) is 0 Å². The summed E-state index contributed by atoms with van der Waals surface area (Å²) in [4.78, 5) is 13.0. The van der Waals surface area contributed by atoms with Crippen LogP contribution in [-0.4, -0.2) is 33.6 Å². The average Bonchev–Trinajstić information content (AvgIpc) is 3.22. The lowest BCUT2D eigenvalue weighted by molar-refractivity contribution is 0.101. The summed E-state index contributed by atoms with van der Waals surface area (Å²) in [5.41, 5.74) is 1.48. The normalized spacial score (nSPS) is 16.5. The van der Waals surface area contributed by atoms with Crippen LogP contribution in [0.1, 0.15) is 41.6 Å². The summed E-state index contributed by atoms with van der Waals surface area (Å²) in [5.74, 6) is -0.0333. The summed E-state index contributed by atoms with van der Waals surface area (Å²) in [6, 6.07) is 7.81. The van der Waals surface area contributed by atoms with Crippen LogP contribution in [0.2, 0.25) is 5.02 Å². The van der Waals surface area contributed by atoms with Crippen molar-refractivity contribution >= 4 is 33.2 Å². The SMILES string of the molecule is Cc1ccc(NC(=O)c2cc(S(=O)(=O)NC3CCCC3)cc3c2OCCO3)cc1Cl. The predicted octanol–water partition coefficient (Wildman–Crippen LogP) is 3.89. The van der Waals surface area contributed by atoms with Crippen LogP contribution in [0.5, 0.6) is 11.5 Å². The highest BCUT2D eigenvalue weighted by Crippen LogP contribution is 2.37. The van der Waals surface area contributed by atoms with E-state index in [0.29, 0.717) is 10.7 Å². The molecule has 160 valence electrons. The van der Waals surface area contributed by atoms with E-state index in [1.807, 2.05) is 6.92 Å². The quantitative estimate of drug-likeness (QED) is 0.720. The number of anilines is 1. The van der Waals surface area contributed by atoms with E-state index in [1.54, 1.807) is 18.2 Å². The number of carbonyl (C=O) groups is 1. The molecule has 1 aliphatic heterocycles. The summed E-state index contributed by atoms with van der Waals surface area (Å²) in [6.07, 6.45) is 3.62. The third kappa shape index (κ3) is 4.40. The fourth-order valence-electron chi connectivity index (χ4n) is 3.65. The van der Waals surface area contributed by atoms with E-state index in [9.17, 15) is 13.2 Å². The van der Waals surface area contributed by atoms with Crippen LogP contribution < -0.4 is 19.5 Å². The molecule has 2 aromatic rings. The maximum atomic E-state index is 13.0. The van der Waals surface area contributed by atoms with Crippen LogP contribution in [0.3, 0.4) is 0 Å². The van der Waals surface area contributed by atoms with Gasteiger partial charge in [-0.05, 0) is 43.5 Å². The van der Waals surface area contributed by atoms with Crippen molar-refractivity contribution in [3.8, 4) is 11.5 Å². The molecule has 0 aromatic heterocycles. The van der Waals surface area contributed by atoms with Gasteiger partial charge >= 0.3 is 0 Å². The highest BCUT2D eigenvalue weighted by atomic mass is 35.5. The second kappa shape index (κ2) is 8.45. The molecule has 0 radical (unpaired) electrons. The van der Waals surface area contributed by atoms with Crippen molar-refractivity contribution in [2.75, 3.05) is 18.5 Å². The molecule has 1 fully saturated rings. The van der Waals surface area contributed by atoms with Crippen molar-refractivity contribution in [3.63, 3.8) is 0 Å². The second-order valence-electron chi connectivity index (χ2n) is 7.52. The topological polar surface area (TPSA) is 93.7 Å². The molecule has 1 aliphatic carbocycles. The van der Waals surface area contributed by atoms with Gasteiger partial charge in [-0.3, -0.25) is 4.79 Å². The van der Waals surface area contributed by atoms with Crippen LogP contribution in [0.4, 0.5) is 5.69 Å². The molecule has 2 aromatic carbocycles. The average molecular weight is 451 g/mol. The van der Waals surface area contributed by atoms with Crippen molar-refractivity contribution < 1.29 is 22.7 Å². The Balaban J connectivity index is 1.68. The molecule has 9 heteroatoms. The number of halogens is 1. The number of benzene rings is 2. The summed E-state index contributed by atoms with van der Waals surface area (Å²) in [7, 11) is -3.81. The zero-order valence-electron chi connectivity index (χ0n) is 16.5. The number of ether oxygens (including phenoxy) is 2. The molecule has 0 atom stereocenters. The molecular weight excluding hydrogens is 428 g/mol. The van der Waals surface area contributed by atoms with Crippen LogP contribution in [0.15, 0.2) is 35.2 Å². The molecule has 4 rings (SSSR count). The molecule has 30 heavy (non-hydrogen) atoms. The fraction of sp³-hybridized carbons (Fsp3) is 0.381. The predicted molar refractivity (Wildman–Crippen MR) is 114 cm³/mol. The smallest absolute Gasteiger partial charge is 0.259 e. The number of fused-ring (bicyclic) bond motifs is 1. The van der Waals surface area contributed by atoms with Crippen molar-refractivity contribution in [1.29, 1.82) is 0 Å². The molecule has 2 N–H and O–H groups in total. The van der Waals surface area contributed by atoms with E-state index in [0.717, 1.165) is 31.2 Å². The molecule has 0 bridgehead atoms. The zero-order valence-corrected chi connectivity index (χ0v) is 18.1. The third-order valence-electron chi connectivity index (χ3n) is 5.28. The van der Waals surface area contributed by atoms with Crippen LogP contribution >= 0.6 is 11.6 Å². The number of carbonyl (C=O) groups excluding carboxylic acids is 1. The van der Waals surface area contributed by atoms with Gasteiger partial charge in [0.15, 0.2) is 11.5 Å². The van der Waals surface area contributed by atoms with E-state index < -0.39 is 15.9 Å². The molecule has 2 aliphatic rings. The van der Waals surface area contributed by atoms with Gasteiger partial charge in [0, 0.05) is 22.8 Å². The minimum atomic E-state index is -3.81. The Morgan fingerprint density at radius 1 is 1.10 bits per heavy atom. The Bertz CT molecular complexity index is 1080. The minimum Gasteiger partial charge on any atom is -0.486 e. The number of sulfonamides is 1. The zero-order chi connectivity index (χ0) is 21.3. The van der Waals surface area contributed by atoms with Gasteiger partial charge in [0.1, 0.15) is 13.2 Å².